The van der Waals surface area contributed by atoms with E-state index in [2.05, 4.69) is 15.9 Å². The molecule has 2 rings (SSSR count). The zero-order chi connectivity index (χ0) is 14.0. The molecule has 2 unspecified atom stereocenters. The first-order valence-corrected chi connectivity index (χ1v) is 6.62. The van der Waals surface area contributed by atoms with Gasteiger partial charge in [-0.15, -0.1) is 6.42 Å². The maximum absolute atomic E-state index is 12.4. The average Bonchev–Trinajstić information content (AvgIpc) is 3.04. The van der Waals surface area contributed by atoms with E-state index in [0.717, 1.165) is 25.2 Å². The summed E-state index contributed by atoms with van der Waals surface area (Å²) < 4.78 is 0. The zero-order valence-corrected chi connectivity index (χ0v) is 11.4. The second-order valence-corrected chi connectivity index (χ2v) is 5.29. The highest BCUT2D eigenvalue weighted by Gasteiger charge is 2.34. The molecule has 0 aromatic carbocycles. The molecule has 0 radical (unpaired) electrons. The number of hydrogen-bond donors (Lipinski definition) is 2. The molecule has 1 aliphatic rings. The smallest absolute Gasteiger partial charge is 0.240 e. The monoisotopic (exact) mass is 260 g/mol. The van der Waals surface area contributed by atoms with Crippen LogP contribution in [0.1, 0.15) is 44.2 Å². The summed E-state index contributed by atoms with van der Waals surface area (Å²) in [6, 6.07) is -0.484. The third-order valence-corrected chi connectivity index (χ3v) is 3.61. The van der Waals surface area contributed by atoms with E-state index in [1.807, 2.05) is 18.7 Å². The summed E-state index contributed by atoms with van der Waals surface area (Å²) in [5.41, 5.74) is 6.60. The van der Waals surface area contributed by atoms with E-state index in [0.29, 0.717) is 5.69 Å². The van der Waals surface area contributed by atoms with Gasteiger partial charge >= 0.3 is 0 Å². The van der Waals surface area contributed by atoms with E-state index in [1.54, 1.807) is 6.20 Å². The number of aromatic nitrogens is 2. The lowest BCUT2D eigenvalue weighted by atomic mass is 10.0. The topological polar surface area (TPSA) is 75.0 Å². The van der Waals surface area contributed by atoms with E-state index in [-0.39, 0.29) is 17.9 Å². The maximum Gasteiger partial charge on any atom is 0.240 e. The summed E-state index contributed by atoms with van der Waals surface area (Å²) in [6.07, 6.45) is 8.81. The quantitative estimate of drug-likeness (QED) is 0.797. The predicted octanol–water partition coefficient (Wildman–Crippen LogP) is 1.04. The van der Waals surface area contributed by atoms with Gasteiger partial charge in [0.05, 0.1) is 18.3 Å². The van der Waals surface area contributed by atoms with Crippen LogP contribution in [-0.2, 0) is 4.79 Å². The predicted molar refractivity (Wildman–Crippen MR) is 73.0 cm³/mol. The highest BCUT2D eigenvalue weighted by molar-refractivity contribution is 5.82. The van der Waals surface area contributed by atoms with Crippen molar-refractivity contribution in [2.75, 3.05) is 6.54 Å². The van der Waals surface area contributed by atoms with Crippen LogP contribution in [0.15, 0.2) is 6.20 Å². The Morgan fingerprint density at radius 1 is 1.68 bits per heavy atom. The molecule has 0 bridgehead atoms. The fourth-order valence-electron chi connectivity index (χ4n) is 2.37. The highest BCUT2D eigenvalue weighted by atomic mass is 16.2. The van der Waals surface area contributed by atoms with Crippen LogP contribution in [-0.4, -0.2) is 33.4 Å². The van der Waals surface area contributed by atoms with Gasteiger partial charge in [0.25, 0.3) is 0 Å². The number of amides is 1. The Kier molecular flexibility index (Phi) is 3.91. The van der Waals surface area contributed by atoms with E-state index in [1.165, 1.54) is 0 Å². The third kappa shape index (κ3) is 2.64. The summed E-state index contributed by atoms with van der Waals surface area (Å²) >= 11 is 0. The number of nitrogens with one attached hydrogen (secondary N) is 1. The lowest BCUT2D eigenvalue weighted by Gasteiger charge is -2.27. The largest absolute Gasteiger partial charge is 0.334 e. The Morgan fingerprint density at radius 2 is 2.42 bits per heavy atom. The molecule has 1 fully saturated rings. The average molecular weight is 260 g/mol. The van der Waals surface area contributed by atoms with Gasteiger partial charge in [-0.2, -0.15) is 0 Å². The minimum absolute atomic E-state index is 0.00356. The van der Waals surface area contributed by atoms with Crippen molar-refractivity contribution in [3.63, 3.8) is 0 Å². The molecule has 0 spiro atoms. The third-order valence-electron chi connectivity index (χ3n) is 3.61. The van der Waals surface area contributed by atoms with Crippen molar-refractivity contribution >= 4 is 5.91 Å². The minimum atomic E-state index is -0.456. The van der Waals surface area contributed by atoms with E-state index in [4.69, 9.17) is 12.2 Å². The number of carbonyl (C=O) groups excluding carboxylic acids is 1. The molecular weight excluding hydrogens is 240 g/mol. The molecule has 2 heterocycles. The van der Waals surface area contributed by atoms with Crippen molar-refractivity contribution in [1.29, 1.82) is 0 Å². The lowest BCUT2D eigenvalue weighted by molar-refractivity contribution is -0.134. The van der Waals surface area contributed by atoms with Gasteiger partial charge in [0, 0.05) is 6.54 Å². The number of imidazole rings is 1. The summed E-state index contributed by atoms with van der Waals surface area (Å²) in [5.74, 6) is 3.40. The van der Waals surface area contributed by atoms with Crippen molar-refractivity contribution in [2.24, 2.45) is 11.7 Å². The molecule has 102 valence electrons. The summed E-state index contributed by atoms with van der Waals surface area (Å²) in [5, 5.41) is 0. The van der Waals surface area contributed by atoms with Crippen molar-refractivity contribution in [3.05, 3.63) is 17.7 Å². The van der Waals surface area contributed by atoms with Crippen molar-refractivity contribution in [3.8, 4) is 12.3 Å². The molecule has 5 heteroatoms. The molecule has 1 aliphatic heterocycles. The fourth-order valence-corrected chi connectivity index (χ4v) is 2.37. The summed E-state index contributed by atoms with van der Waals surface area (Å²) in [7, 11) is 0. The van der Waals surface area contributed by atoms with Crippen LogP contribution in [0.3, 0.4) is 0 Å². The number of likely N-dealkylation sites (tertiary alicyclic amines) is 1. The first kappa shape index (κ1) is 13.6. The Bertz CT molecular complexity index is 500. The number of H-pyrrole nitrogens is 1. The fraction of sp³-hybridized carbons (Fsp3) is 0.571. The number of terminal acetylenes is 1. The molecule has 2 atom stereocenters. The number of aromatic amines is 1. The Hall–Kier alpha value is -1.80. The van der Waals surface area contributed by atoms with Gasteiger partial charge in [-0.25, -0.2) is 4.98 Å². The molecular formula is C14H20N4O. The zero-order valence-electron chi connectivity index (χ0n) is 11.4. The Labute approximate surface area is 113 Å². The number of hydrogen-bond acceptors (Lipinski definition) is 3. The SMILES string of the molecule is C#Cc1cnc(C2CCCN2C(=O)C(N)C(C)C)[nH]1. The lowest BCUT2D eigenvalue weighted by Crippen LogP contribution is -2.46. The second-order valence-electron chi connectivity index (χ2n) is 5.29. The summed E-state index contributed by atoms with van der Waals surface area (Å²) in [4.78, 5) is 21.5. The van der Waals surface area contributed by atoms with E-state index < -0.39 is 6.04 Å². The Morgan fingerprint density at radius 3 is 3.00 bits per heavy atom. The molecule has 19 heavy (non-hydrogen) atoms. The van der Waals surface area contributed by atoms with Crippen LogP contribution in [0.25, 0.3) is 0 Å². The van der Waals surface area contributed by atoms with Gasteiger partial charge in [-0.05, 0) is 18.8 Å². The van der Waals surface area contributed by atoms with Crippen LogP contribution < -0.4 is 5.73 Å². The molecule has 0 saturated carbocycles. The van der Waals surface area contributed by atoms with Crippen LogP contribution in [0.4, 0.5) is 0 Å². The van der Waals surface area contributed by atoms with E-state index in [9.17, 15) is 4.79 Å². The van der Waals surface area contributed by atoms with Crippen LogP contribution >= 0.6 is 0 Å². The normalized spacial score (nSPS) is 20.6. The van der Waals surface area contributed by atoms with Gasteiger partial charge in [-0.1, -0.05) is 19.8 Å². The van der Waals surface area contributed by atoms with Gasteiger partial charge in [0.1, 0.15) is 11.5 Å². The number of carbonyl (C=O) groups is 1. The van der Waals surface area contributed by atoms with E-state index >= 15 is 0 Å². The van der Waals surface area contributed by atoms with Crippen molar-refractivity contribution < 1.29 is 4.79 Å². The van der Waals surface area contributed by atoms with Gasteiger partial charge in [-0.3, -0.25) is 4.79 Å². The van der Waals surface area contributed by atoms with Gasteiger partial charge in [0.15, 0.2) is 0 Å². The van der Waals surface area contributed by atoms with Crippen molar-refractivity contribution in [1.82, 2.24) is 14.9 Å². The molecule has 1 aromatic heterocycles. The second kappa shape index (κ2) is 5.45. The Balaban J connectivity index is 2.17. The van der Waals surface area contributed by atoms with Crippen LogP contribution in [0.2, 0.25) is 0 Å². The van der Waals surface area contributed by atoms with Crippen LogP contribution in [0, 0.1) is 18.3 Å². The summed E-state index contributed by atoms with van der Waals surface area (Å²) in [6.45, 7) is 4.64. The molecule has 3 N–H and O–H groups in total. The molecule has 5 nitrogen and oxygen atoms in total. The number of nitrogens with zero attached hydrogens (tertiary/aromatic N) is 2. The number of rotatable bonds is 3. The highest BCUT2D eigenvalue weighted by Crippen LogP contribution is 2.30. The molecule has 1 amide bonds. The molecule has 0 aliphatic carbocycles. The van der Waals surface area contributed by atoms with Gasteiger partial charge < -0.3 is 15.6 Å². The standard InChI is InChI=1S/C14H20N4O/c1-4-10-8-16-13(17-10)11-6-5-7-18(11)14(19)12(15)9(2)3/h1,8-9,11-12H,5-7,15H2,2-3H3,(H,16,17). The van der Waals surface area contributed by atoms with Crippen LogP contribution in [0.5, 0.6) is 0 Å². The molecule has 1 saturated heterocycles. The van der Waals surface area contributed by atoms with Gasteiger partial charge in [0.2, 0.25) is 5.91 Å². The van der Waals surface area contributed by atoms with Crippen molar-refractivity contribution in [2.45, 2.75) is 38.8 Å². The first-order valence-electron chi connectivity index (χ1n) is 6.62. The molecule has 1 aromatic rings. The number of nitrogens with two attached hydrogens (primary N) is 1. The minimum Gasteiger partial charge on any atom is -0.334 e. The maximum atomic E-state index is 12.4. The first-order chi connectivity index (χ1) is 9.04.